The van der Waals surface area contributed by atoms with Gasteiger partial charge < -0.3 is 9.64 Å². The normalized spacial score (nSPS) is 19.3. The Hall–Kier alpha value is -1.12. The number of halogens is 1. The average Bonchev–Trinajstić information content (AvgIpc) is 2.84. The number of ether oxygens (including phenoxy) is 1. The molecule has 2 aliphatic heterocycles. The first-order chi connectivity index (χ1) is 9.47. The summed E-state index contributed by atoms with van der Waals surface area (Å²) in [4.78, 5) is 10.6. The number of anilines is 2. The fourth-order valence-electron chi connectivity index (χ4n) is 2.40. The van der Waals surface area contributed by atoms with E-state index in [2.05, 4.69) is 9.97 Å². The third-order valence-electron chi connectivity index (χ3n) is 3.42. The van der Waals surface area contributed by atoms with Crippen LogP contribution in [0.4, 0.5) is 11.8 Å². The topological polar surface area (TPSA) is 75.6 Å². The van der Waals surface area contributed by atoms with Crippen LogP contribution < -0.4 is 9.21 Å². The first kappa shape index (κ1) is 13.8. The maximum Gasteiger partial charge on any atom is 0.233 e. The lowest BCUT2D eigenvalue weighted by Gasteiger charge is -2.27. The number of aromatic nitrogens is 2. The highest BCUT2D eigenvalue weighted by Crippen LogP contribution is 2.34. The van der Waals surface area contributed by atoms with E-state index in [4.69, 9.17) is 16.3 Å². The molecule has 0 N–H and O–H groups in total. The summed E-state index contributed by atoms with van der Waals surface area (Å²) in [6.45, 7) is 2.93. The predicted molar refractivity (Wildman–Crippen MR) is 76.0 cm³/mol. The van der Waals surface area contributed by atoms with Crippen molar-refractivity contribution in [2.45, 2.75) is 6.42 Å². The maximum atomic E-state index is 11.8. The van der Waals surface area contributed by atoms with E-state index < -0.39 is 10.0 Å². The van der Waals surface area contributed by atoms with Gasteiger partial charge in [-0.1, -0.05) is 11.6 Å². The van der Waals surface area contributed by atoms with Gasteiger partial charge in [-0.3, -0.25) is 4.31 Å². The molecule has 110 valence electrons. The van der Waals surface area contributed by atoms with Crippen molar-refractivity contribution in [1.29, 1.82) is 0 Å². The summed E-state index contributed by atoms with van der Waals surface area (Å²) in [5.41, 5.74) is 0.703. The molecule has 1 aromatic heterocycles. The van der Waals surface area contributed by atoms with Crippen LogP contribution in [-0.2, 0) is 21.2 Å². The summed E-state index contributed by atoms with van der Waals surface area (Å²) in [6, 6.07) is 0. The van der Waals surface area contributed by atoms with Crippen molar-refractivity contribution >= 4 is 33.4 Å². The van der Waals surface area contributed by atoms with Crippen LogP contribution in [0.1, 0.15) is 5.56 Å². The zero-order valence-corrected chi connectivity index (χ0v) is 12.6. The zero-order valence-electron chi connectivity index (χ0n) is 11.0. The number of rotatable bonds is 2. The third kappa shape index (κ3) is 2.43. The van der Waals surface area contributed by atoms with Crippen LogP contribution in [-0.4, -0.2) is 57.5 Å². The summed E-state index contributed by atoms with van der Waals surface area (Å²) in [6.07, 6.45) is 1.72. The van der Waals surface area contributed by atoms with Crippen LogP contribution in [0, 0.1) is 0 Å². The van der Waals surface area contributed by atoms with Crippen LogP contribution in [0.5, 0.6) is 0 Å². The number of fused-ring (bicyclic) bond motifs is 1. The number of sulfonamides is 1. The third-order valence-corrected chi connectivity index (χ3v) is 4.89. The maximum absolute atomic E-state index is 11.8. The van der Waals surface area contributed by atoms with Gasteiger partial charge >= 0.3 is 0 Å². The smallest absolute Gasteiger partial charge is 0.233 e. The molecule has 1 saturated heterocycles. The van der Waals surface area contributed by atoms with Crippen molar-refractivity contribution in [2.24, 2.45) is 0 Å². The van der Waals surface area contributed by atoms with Crippen LogP contribution in [0.25, 0.3) is 0 Å². The molecule has 0 aliphatic carbocycles. The van der Waals surface area contributed by atoms with E-state index >= 15 is 0 Å². The molecule has 0 atom stereocenters. The number of hydrogen-bond donors (Lipinski definition) is 0. The Balaban J connectivity index is 2.02. The summed E-state index contributed by atoms with van der Waals surface area (Å²) < 4.78 is 30.1. The monoisotopic (exact) mass is 318 g/mol. The Morgan fingerprint density at radius 1 is 1.20 bits per heavy atom. The summed E-state index contributed by atoms with van der Waals surface area (Å²) in [5.74, 6) is 0.876. The van der Waals surface area contributed by atoms with Gasteiger partial charge in [-0.05, 0) is 6.42 Å². The fourth-order valence-corrected chi connectivity index (χ4v) is 3.55. The lowest BCUT2D eigenvalue weighted by Crippen LogP contribution is -2.37. The zero-order chi connectivity index (χ0) is 14.3. The Morgan fingerprint density at radius 2 is 1.90 bits per heavy atom. The predicted octanol–water partition coefficient (Wildman–Crippen LogP) is 0.289. The van der Waals surface area contributed by atoms with E-state index in [-0.39, 0.29) is 0 Å². The molecule has 0 bridgehead atoms. The van der Waals surface area contributed by atoms with Gasteiger partial charge in [0, 0.05) is 25.2 Å². The van der Waals surface area contributed by atoms with Gasteiger partial charge in [0.1, 0.15) is 5.15 Å². The highest BCUT2D eigenvalue weighted by molar-refractivity contribution is 7.92. The molecule has 0 radical (unpaired) electrons. The molecule has 0 saturated carbocycles. The van der Waals surface area contributed by atoms with Crippen molar-refractivity contribution in [3.8, 4) is 0 Å². The standard InChI is InChI=1S/C11H15ClN4O3S/c1-20(17,18)16-3-2-8-9(12)13-11(14-10(8)16)15-4-6-19-7-5-15/h2-7H2,1H3. The minimum atomic E-state index is -3.34. The second kappa shape index (κ2) is 5.01. The average molecular weight is 319 g/mol. The molecule has 1 fully saturated rings. The molecule has 2 aliphatic rings. The van der Waals surface area contributed by atoms with Crippen molar-refractivity contribution in [1.82, 2.24) is 9.97 Å². The van der Waals surface area contributed by atoms with Crippen LogP contribution in [0.15, 0.2) is 0 Å². The van der Waals surface area contributed by atoms with Gasteiger partial charge in [-0.15, -0.1) is 0 Å². The Kier molecular flexibility index (Phi) is 3.47. The minimum absolute atomic E-state index is 0.336. The van der Waals surface area contributed by atoms with Crippen LogP contribution in [0.2, 0.25) is 5.15 Å². The van der Waals surface area contributed by atoms with E-state index in [0.717, 1.165) is 0 Å². The van der Waals surface area contributed by atoms with Gasteiger partial charge in [-0.2, -0.15) is 4.98 Å². The number of hydrogen-bond acceptors (Lipinski definition) is 6. The molecular weight excluding hydrogens is 304 g/mol. The molecule has 7 nitrogen and oxygen atoms in total. The van der Waals surface area contributed by atoms with E-state index in [1.807, 2.05) is 4.90 Å². The van der Waals surface area contributed by atoms with Gasteiger partial charge in [0.25, 0.3) is 0 Å². The van der Waals surface area contributed by atoms with E-state index in [9.17, 15) is 8.42 Å². The largest absolute Gasteiger partial charge is 0.378 e. The lowest BCUT2D eigenvalue weighted by atomic mass is 10.3. The minimum Gasteiger partial charge on any atom is -0.378 e. The summed E-state index contributed by atoms with van der Waals surface area (Å²) in [7, 11) is -3.34. The molecular formula is C11H15ClN4O3S. The molecule has 3 heterocycles. The molecule has 1 aromatic rings. The Labute approximate surface area is 122 Å². The molecule has 0 unspecified atom stereocenters. The van der Waals surface area contributed by atoms with Crippen LogP contribution in [0.3, 0.4) is 0 Å². The lowest BCUT2D eigenvalue weighted by molar-refractivity contribution is 0.122. The molecule has 3 rings (SSSR count). The molecule has 0 aromatic carbocycles. The second-order valence-electron chi connectivity index (χ2n) is 4.80. The number of morpholine rings is 1. The Bertz CT molecular complexity index is 631. The van der Waals surface area contributed by atoms with Crippen molar-refractivity contribution in [2.75, 3.05) is 48.3 Å². The fraction of sp³-hybridized carbons (Fsp3) is 0.636. The SMILES string of the molecule is CS(=O)(=O)N1CCc2c(Cl)nc(N3CCOCC3)nc21. The highest BCUT2D eigenvalue weighted by atomic mass is 35.5. The van der Waals surface area contributed by atoms with Gasteiger partial charge in [0.2, 0.25) is 16.0 Å². The second-order valence-corrected chi connectivity index (χ2v) is 7.07. The van der Waals surface area contributed by atoms with Gasteiger partial charge in [0.15, 0.2) is 5.82 Å². The van der Waals surface area contributed by atoms with E-state index in [1.54, 1.807) is 0 Å². The van der Waals surface area contributed by atoms with Crippen molar-refractivity contribution < 1.29 is 13.2 Å². The first-order valence-electron chi connectivity index (χ1n) is 6.33. The van der Waals surface area contributed by atoms with Gasteiger partial charge in [-0.25, -0.2) is 13.4 Å². The van der Waals surface area contributed by atoms with Crippen LogP contribution >= 0.6 is 11.6 Å². The first-order valence-corrected chi connectivity index (χ1v) is 8.56. The number of nitrogens with zero attached hydrogens (tertiary/aromatic N) is 4. The van der Waals surface area contributed by atoms with E-state index in [0.29, 0.717) is 61.8 Å². The Morgan fingerprint density at radius 3 is 2.55 bits per heavy atom. The highest BCUT2D eigenvalue weighted by Gasteiger charge is 2.31. The van der Waals surface area contributed by atoms with Gasteiger partial charge in [0.05, 0.1) is 19.5 Å². The molecule has 0 spiro atoms. The summed E-state index contributed by atoms with van der Waals surface area (Å²) in [5, 5.41) is 0.336. The van der Waals surface area contributed by atoms with E-state index in [1.165, 1.54) is 10.6 Å². The molecule has 0 amide bonds. The molecule has 20 heavy (non-hydrogen) atoms. The quantitative estimate of drug-likeness (QED) is 0.730. The molecule has 9 heteroatoms. The van der Waals surface area contributed by atoms with Crippen molar-refractivity contribution in [3.63, 3.8) is 0 Å². The van der Waals surface area contributed by atoms with Crippen molar-refractivity contribution in [3.05, 3.63) is 10.7 Å². The summed E-state index contributed by atoms with van der Waals surface area (Å²) >= 11 is 6.18.